The Morgan fingerprint density at radius 1 is 1.32 bits per heavy atom. The van der Waals surface area contributed by atoms with Crippen molar-refractivity contribution in [2.24, 2.45) is 16.6 Å². The van der Waals surface area contributed by atoms with E-state index in [1.54, 1.807) is 6.26 Å². The Morgan fingerprint density at radius 2 is 2.05 bits per heavy atom. The van der Waals surface area contributed by atoms with Gasteiger partial charge in [-0.1, -0.05) is 31.5 Å². The van der Waals surface area contributed by atoms with Gasteiger partial charge in [0, 0.05) is 25.1 Å². The summed E-state index contributed by atoms with van der Waals surface area (Å²) in [6.45, 7) is 7.70. The van der Waals surface area contributed by atoms with Gasteiger partial charge < -0.3 is 15.5 Å². The largest absolute Gasteiger partial charge is 0.444 e. The average Bonchev–Trinajstić information content (AvgIpc) is 2.95. The van der Waals surface area contributed by atoms with Crippen molar-refractivity contribution in [3.05, 3.63) is 41.8 Å². The summed E-state index contributed by atoms with van der Waals surface area (Å²) >= 11 is 0. The molecule has 2 rings (SSSR count). The van der Waals surface area contributed by atoms with E-state index in [1.807, 2.05) is 24.3 Å². The quantitative estimate of drug-likeness (QED) is 0.635. The average molecular weight is 300 g/mol. The molecule has 0 atom stereocenters. The number of hydrogen-bond acceptors (Lipinski definition) is 3. The van der Waals surface area contributed by atoms with E-state index in [-0.39, 0.29) is 0 Å². The zero-order valence-electron chi connectivity index (χ0n) is 13.5. The number of nitrogens with one attached hydrogen (secondary N) is 1. The molecular formula is C17H24N4O. The van der Waals surface area contributed by atoms with Gasteiger partial charge in [0.1, 0.15) is 6.26 Å². The number of rotatable bonds is 6. The van der Waals surface area contributed by atoms with E-state index in [0.29, 0.717) is 24.3 Å². The highest BCUT2D eigenvalue weighted by atomic mass is 16.3. The van der Waals surface area contributed by atoms with Gasteiger partial charge in [0.15, 0.2) is 5.96 Å². The van der Waals surface area contributed by atoms with E-state index in [1.165, 1.54) is 5.56 Å². The molecule has 0 bridgehead atoms. The molecule has 2 aromatic rings. The lowest BCUT2D eigenvalue weighted by molar-refractivity contribution is 0.572. The van der Waals surface area contributed by atoms with Crippen LogP contribution < -0.4 is 11.1 Å². The minimum Gasteiger partial charge on any atom is -0.444 e. The minimum atomic E-state index is 0.482. The lowest BCUT2D eigenvalue weighted by atomic mass is 10.1. The van der Waals surface area contributed by atoms with Crippen molar-refractivity contribution in [1.29, 1.82) is 0 Å². The van der Waals surface area contributed by atoms with Gasteiger partial charge >= 0.3 is 0 Å². The summed E-state index contributed by atoms with van der Waals surface area (Å²) in [6.07, 6.45) is 2.44. The Balaban J connectivity index is 1.85. The Labute approximate surface area is 131 Å². The first-order valence-electron chi connectivity index (χ1n) is 7.60. The van der Waals surface area contributed by atoms with Crippen molar-refractivity contribution >= 4 is 5.96 Å². The zero-order chi connectivity index (χ0) is 15.9. The third kappa shape index (κ3) is 4.91. The number of oxazole rings is 1. The van der Waals surface area contributed by atoms with Gasteiger partial charge in [-0.2, -0.15) is 0 Å². The predicted octanol–water partition coefficient (Wildman–Crippen LogP) is 2.75. The monoisotopic (exact) mass is 300 g/mol. The SMILES string of the molecule is Cc1ccc(-c2nc(CCNC(N)=NCC(C)C)co2)cc1. The van der Waals surface area contributed by atoms with Gasteiger partial charge in [0.05, 0.1) is 5.69 Å². The molecule has 0 aliphatic rings. The first-order valence-corrected chi connectivity index (χ1v) is 7.60. The standard InChI is InChI=1S/C17H24N4O/c1-12(2)10-20-17(18)19-9-8-15-11-22-16(21-15)14-6-4-13(3)5-7-14/h4-7,11-12H,8-10H2,1-3H3,(H3,18,19,20). The van der Waals surface area contributed by atoms with Gasteiger partial charge in [-0.05, 0) is 25.0 Å². The number of benzene rings is 1. The summed E-state index contributed by atoms with van der Waals surface area (Å²) in [5.74, 6) is 1.64. The molecule has 5 heteroatoms. The Morgan fingerprint density at radius 3 is 2.73 bits per heavy atom. The summed E-state index contributed by atoms with van der Waals surface area (Å²) in [4.78, 5) is 8.75. The van der Waals surface area contributed by atoms with E-state index >= 15 is 0 Å². The van der Waals surface area contributed by atoms with Crippen LogP contribution in [-0.4, -0.2) is 24.0 Å². The maximum Gasteiger partial charge on any atom is 0.226 e. The van der Waals surface area contributed by atoms with Crippen LogP contribution >= 0.6 is 0 Å². The number of hydrogen-bond donors (Lipinski definition) is 2. The lowest BCUT2D eigenvalue weighted by Crippen LogP contribution is -2.33. The molecule has 3 N–H and O–H groups in total. The second kappa shape index (κ2) is 7.64. The van der Waals surface area contributed by atoms with E-state index in [0.717, 1.165) is 24.2 Å². The summed E-state index contributed by atoms with van der Waals surface area (Å²) in [5.41, 5.74) is 8.90. The zero-order valence-corrected chi connectivity index (χ0v) is 13.5. The van der Waals surface area contributed by atoms with Crippen LogP contribution in [0.1, 0.15) is 25.1 Å². The molecule has 0 aliphatic carbocycles. The van der Waals surface area contributed by atoms with Gasteiger partial charge in [0.25, 0.3) is 0 Å². The van der Waals surface area contributed by atoms with Crippen molar-refractivity contribution in [1.82, 2.24) is 10.3 Å². The molecule has 22 heavy (non-hydrogen) atoms. The van der Waals surface area contributed by atoms with E-state index in [4.69, 9.17) is 10.2 Å². The van der Waals surface area contributed by atoms with E-state index < -0.39 is 0 Å². The van der Waals surface area contributed by atoms with Crippen molar-refractivity contribution in [2.75, 3.05) is 13.1 Å². The third-order valence-corrected chi connectivity index (χ3v) is 3.16. The van der Waals surface area contributed by atoms with Gasteiger partial charge in [-0.25, -0.2) is 4.98 Å². The number of aliphatic imine (C=N–C) groups is 1. The molecule has 1 aromatic carbocycles. The van der Waals surface area contributed by atoms with Crippen molar-refractivity contribution in [3.63, 3.8) is 0 Å². The van der Waals surface area contributed by atoms with Crippen LogP contribution in [0.4, 0.5) is 0 Å². The second-order valence-electron chi connectivity index (χ2n) is 5.81. The summed E-state index contributed by atoms with van der Waals surface area (Å²) in [6, 6.07) is 8.12. The Bertz CT molecular complexity index is 614. The van der Waals surface area contributed by atoms with Crippen LogP contribution in [0.2, 0.25) is 0 Å². The molecule has 1 heterocycles. The highest BCUT2D eigenvalue weighted by Crippen LogP contribution is 2.19. The fourth-order valence-electron chi connectivity index (χ4n) is 1.91. The van der Waals surface area contributed by atoms with Crippen LogP contribution in [0.15, 0.2) is 39.9 Å². The lowest BCUT2D eigenvalue weighted by Gasteiger charge is -2.05. The van der Waals surface area contributed by atoms with Crippen molar-refractivity contribution in [3.8, 4) is 11.5 Å². The topological polar surface area (TPSA) is 76.4 Å². The molecule has 0 amide bonds. The van der Waals surface area contributed by atoms with E-state index in [2.05, 4.69) is 36.1 Å². The van der Waals surface area contributed by atoms with Crippen LogP contribution in [0.3, 0.4) is 0 Å². The van der Waals surface area contributed by atoms with Crippen molar-refractivity contribution < 1.29 is 4.42 Å². The third-order valence-electron chi connectivity index (χ3n) is 3.16. The predicted molar refractivity (Wildman–Crippen MR) is 89.7 cm³/mol. The van der Waals surface area contributed by atoms with Crippen LogP contribution in [-0.2, 0) is 6.42 Å². The van der Waals surface area contributed by atoms with Crippen LogP contribution in [0.25, 0.3) is 11.5 Å². The molecule has 0 saturated carbocycles. The number of aryl methyl sites for hydroxylation is 1. The van der Waals surface area contributed by atoms with Crippen molar-refractivity contribution in [2.45, 2.75) is 27.2 Å². The Hall–Kier alpha value is -2.30. The van der Waals surface area contributed by atoms with Gasteiger partial charge in [-0.15, -0.1) is 0 Å². The van der Waals surface area contributed by atoms with E-state index in [9.17, 15) is 0 Å². The molecule has 0 unspecified atom stereocenters. The fourth-order valence-corrected chi connectivity index (χ4v) is 1.91. The van der Waals surface area contributed by atoms with Gasteiger partial charge in [0.2, 0.25) is 5.89 Å². The van der Waals surface area contributed by atoms with Crippen LogP contribution in [0, 0.1) is 12.8 Å². The number of guanidine groups is 1. The molecule has 118 valence electrons. The molecule has 1 aromatic heterocycles. The first kappa shape index (κ1) is 16.1. The maximum atomic E-state index is 5.79. The molecule has 0 radical (unpaired) electrons. The molecule has 0 saturated heterocycles. The molecule has 0 aliphatic heterocycles. The highest BCUT2D eigenvalue weighted by Gasteiger charge is 2.06. The normalized spacial score (nSPS) is 11.9. The number of nitrogens with two attached hydrogens (primary N) is 1. The summed E-state index contributed by atoms with van der Waals surface area (Å²) < 4.78 is 5.53. The smallest absolute Gasteiger partial charge is 0.226 e. The minimum absolute atomic E-state index is 0.482. The number of aromatic nitrogens is 1. The fraction of sp³-hybridized carbons (Fsp3) is 0.412. The summed E-state index contributed by atoms with van der Waals surface area (Å²) in [5, 5.41) is 3.09. The first-order chi connectivity index (χ1) is 10.5. The maximum absolute atomic E-state index is 5.79. The molecule has 5 nitrogen and oxygen atoms in total. The Kier molecular flexibility index (Phi) is 5.58. The number of nitrogens with zero attached hydrogens (tertiary/aromatic N) is 2. The second-order valence-corrected chi connectivity index (χ2v) is 5.81. The van der Waals surface area contributed by atoms with Gasteiger partial charge in [-0.3, -0.25) is 4.99 Å². The molecular weight excluding hydrogens is 276 g/mol. The molecule has 0 fully saturated rings. The highest BCUT2D eigenvalue weighted by molar-refractivity contribution is 5.77. The summed E-state index contributed by atoms with van der Waals surface area (Å²) in [7, 11) is 0. The molecule has 0 spiro atoms. The van der Waals surface area contributed by atoms with Crippen LogP contribution in [0.5, 0.6) is 0 Å².